The fraction of sp³-hybridized carbons (Fsp3) is 0.357. The highest BCUT2D eigenvalue weighted by atomic mass is 16.5. The van der Waals surface area contributed by atoms with Crippen molar-refractivity contribution in [2.24, 2.45) is 0 Å². The SMILES string of the molecule is c1cc(N2CCCCC2)c2nc(-c3n[nH]c4cnc(-c5cncc(OC6CCNCC6)c5)cc34)[nH]c2c1. The molecule has 0 aliphatic carbocycles. The van der Waals surface area contributed by atoms with Crippen molar-refractivity contribution in [3.8, 4) is 28.5 Å². The predicted molar refractivity (Wildman–Crippen MR) is 145 cm³/mol. The highest BCUT2D eigenvalue weighted by molar-refractivity contribution is 5.96. The molecule has 9 nitrogen and oxygen atoms in total. The number of aromatic nitrogens is 6. The number of fused-ring (bicyclic) bond motifs is 2. The first-order chi connectivity index (χ1) is 18.3. The van der Waals surface area contributed by atoms with Crippen molar-refractivity contribution in [1.82, 2.24) is 35.5 Å². The molecule has 0 spiro atoms. The Labute approximate surface area is 214 Å². The zero-order valence-corrected chi connectivity index (χ0v) is 20.7. The average Bonchev–Trinajstić information content (AvgIpc) is 3.58. The quantitative estimate of drug-likeness (QED) is 0.325. The molecule has 188 valence electrons. The summed E-state index contributed by atoms with van der Waals surface area (Å²) < 4.78 is 6.21. The Morgan fingerprint density at radius 3 is 2.73 bits per heavy atom. The average molecular weight is 495 g/mol. The van der Waals surface area contributed by atoms with Gasteiger partial charge in [-0.25, -0.2) is 4.98 Å². The summed E-state index contributed by atoms with van der Waals surface area (Å²) in [5.41, 5.74) is 6.60. The molecule has 2 aliphatic rings. The molecule has 2 aliphatic heterocycles. The number of anilines is 1. The second-order valence-electron chi connectivity index (χ2n) is 9.97. The summed E-state index contributed by atoms with van der Waals surface area (Å²) in [6.45, 7) is 4.13. The van der Waals surface area contributed by atoms with Gasteiger partial charge in [-0.05, 0) is 69.5 Å². The second-order valence-corrected chi connectivity index (χ2v) is 9.97. The summed E-state index contributed by atoms with van der Waals surface area (Å²) in [6.07, 6.45) is 11.4. The maximum atomic E-state index is 6.21. The molecule has 0 amide bonds. The minimum Gasteiger partial charge on any atom is -0.489 e. The molecule has 6 heterocycles. The number of para-hydroxylation sites is 1. The molecule has 1 aromatic carbocycles. The lowest BCUT2D eigenvalue weighted by Crippen LogP contribution is -2.34. The summed E-state index contributed by atoms with van der Waals surface area (Å²) in [7, 11) is 0. The Kier molecular flexibility index (Phi) is 5.70. The van der Waals surface area contributed by atoms with Crippen LogP contribution in [0.2, 0.25) is 0 Å². The van der Waals surface area contributed by atoms with Gasteiger partial charge in [0.1, 0.15) is 23.1 Å². The van der Waals surface area contributed by atoms with Crippen molar-refractivity contribution >= 4 is 27.6 Å². The third-order valence-electron chi connectivity index (χ3n) is 7.46. The smallest absolute Gasteiger partial charge is 0.159 e. The summed E-state index contributed by atoms with van der Waals surface area (Å²) in [6, 6.07) is 10.4. The van der Waals surface area contributed by atoms with Crippen molar-refractivity contribution in [3.05, 3.63) is 48.9 Å². The minimum atomic E-state index is 0.220. The largest absolute Gasteiger partial charge is 0.489 e. The van der Waals surface area contributed by atoms with Gasteiger partial charge in [0.15, 0.2) is 5.82 Å². The normalized spacial score (nSPS) is 17.0. The van der Waals surface area contributed by atoms with E-state index in [4.69, 9.17) is 9.72 Å². The van der Waals surface area contributed by atoms with Crippen LogP contribution in [0.15, 0.2) is 48.9 Å². The Hall–Kier alpha value is -3.98. The molecule has 3 N–H and O–H groups in total. The van der Waals surface area contributed by atoms with Gasteiger partial charge in [0, 0.05) is 30.2 Å². The van der Waals surface area contributed by atoms with E-state index in [1.807, 2.05) is 18.5 Å². The van der Waals surface area contributed by atoms with Crippen LogP contribution in [-0.2, 0) is 0 Å². The van der Waals surface area contributed by atoms with Gasteiger partial charge in [-0.3, -0.25) is 15.1 Å². The standard InChI is InChI=1S/C28H30N8O/c1-2-11-36(12-3-1)25-6-4-5-22-27(25)33-28(32-22)26-21-14-23(31-17-24(21)34-35-26)18-13-20(16-30-15-18)37-19-7-9-29-10-8-19/h4-6,13-17,19,29H,1-3,7-12H2,(H,32,33)(H,34,35). The van der Waals surface area contributed by atoms with Crippen LogP contribution in [0.3, 0.4) is 0 Å². The van der Waals surface area contributed by atoms with E-state index >= 15 is 0 Å². The van der Waals surface area contributed by atoms with E-state index in [1.165, 1.54) is 24.9 Å². The van der Waals surface area contributed by atoms with Gasteiger partial charge >= 0.3 is 0 Å². The van der Waals surface area contributed by atoms with E-state index in [9.17, 15) is 0 Å². The van der Waals surface area contributed by atoms with Crippen LogP contribution in [0.4, 0.5) is 5.69 Å². The van der Waals surface area contributed by atoms with Crippen LogP contribution in [0.1, 0.15) is 32.1 Å². The molecule has 7 rings (SSSR count). The van der Waals surface area contributed by atoms with Crippen molar-refractivity contribution in [1.29, 1.82) is 0 Å². The van der Waals surface area contributed by atoms with E-state index in [-0.39, 0.29) is 6.10 Å². The zero-order chi connectivity index (χ0) is 24.6. The summed E-state index contributed by atoms with van der Waals surface area (Å²) in [5.74, 6) is 1.53. The molecule has 9 heteroatoms. The molecule has 0 bridgehead atoms. The Morgan fingerprint density at radius 1 is 0.946 bits per heavy atom. The number of benzene rings is 1. The number of aromatic amines is 2. The van der Waals surface area contributed by atoms with E-state index in [1.54, 1.807) is 6.20 Å². The van der Waals surface area contributed by atoms with Crippen molar-refractivity contribution in [2.75, 3.05) is 31.1 Å². The second kappa shape index (κ2) is 9.48. The van der Waals surface area contributed by atoms with E-state index < -0.39 is 0 Å². The topological polar surface area (TPSA) is 108 Å². The lowest BCUT2D eigenvalue weighted by atomic mass is 10.1. The molecule has 0 unspecified atom stereocenters. The Bertz CT molecular complexity index is 1540. The highest BCUT2D eigenvalue weighted by Gasteiger charge is 2.19. The van der Waals surface area contributed by atoms with Crippen LogP contribution < -0.4 is 15.0 Å². The molecule has 37 heavy (non-hydrogen) atoms. The third kappa shape index (κ3) is 4.29. The van der Waals surface area contributed by atoms with Crippen molar-refractivity contribution in [3.63, 3.8) is 0 Å². The van der Waals surface area contributed by atoms with E-state index in [0.717, 1.165) is 89.5 Å². The van der Waals surface area contributed by atoms with Gasteiger partial charge < -0.3 is 19.9 Å². The molecule has 0 saturated carbocycles. The van der Waals surface area contributed by atoms with E-state index in [0.29, 0.717) is 0 Å². The molecule has 2 saturated heterocycles. The first kappa shape index (κ1) is 22.2. The van der Waals surface area contributed by atoms with Crippen LogP contribution in [0, 0.1) is 0 Å². The first-order valence-corrected chi connectivity index (χ1v) is 13.2. The molecule has 0 radical (unpaired) electrons. The zero-order valence-electron chi connectivity index (χ0n) is 20.7. The van der Waals surface area contributed by atoms with Gasteiger partial charge in [-0.15, -0.1) is 0 Å². The maximum Gasteiger partial charge on any atom is 0.159 e. The number of pyridine rings is 2. The number of imidazole rings is 1. The molecule has 0 atom stereocenters. The van der Waals surface area contributed by atoms with Crippen molar-refractivity contribution < 1.29 is 4.74 Å². The number of nitrogens with one attached hydrogen (secondary N) is 3. The first-order valence-electron chi connectivity index (χ1n) is 13.2. The molecule has 4 aromatic heterocycles. The Morgan fingerprint density at radius 2 is 1.84 bits per heavy atom. The predicted octanol–water partition coefficient (Wildman–Crippen LogP) is 4.68. The van der Waals surface area contributed by atoms with Gasteiger partial charge in [0.05, 0.1) is 34.8 Å². The van der Waals surface area contributed by atoms with Crippen LogP contribution in [0.5, 0.6) is 5.75 Å². The van der Waals surface area contributed by atoms with Crippen LogP contribution in [0.25, 0.3) is 44.7 Å². The Balaban J connectivity index is 1.23. The maximum absolute atomic E-state index is 6.21. The molecule has 5 aromatic rings. The minimum absolute atomic E-state index is 0.220. The van der Waals surface area contributed by atoms with E-state index in [2.05, 4.69) is 59.6 Å². The monoisotopic (exact) mass is 494 g/mol. The third-order valence-corrected chi connectivity index (χ3v) is 7.46. The number of hydrogen-bond acceptors (Lipinski definition) is 7. The van der Waals surface area contributed by atoms with Gasteiger partial charge in [-0.1, -0.05) is 6.07 Å². The fourth-order valence-electron chi connectivity index (χ4n) is 5.50. The number of nitrogens with zero attached hydrogens (tertiary/aromatic N) is 5. The van der Waals surface area contributed by atoms with Gasteiger partial charge in [0.2, 0.25) is 0 Å². The van der Waals surface area contributed by atoms with Gasteiger partial charge in [-0.2, -0.15) is 5.10 Å². The van der Waals surface area contributed by atoms with Crippen LogP contribution >= 0.6 is 0 Å². The molecule has 2 fully saturated rings. The summed E-state index contributed by atoms with van der Waals surface area (Å²) in [5, 5.41) is 12.1. The lowest BCUT2D eigenvalue weighted by molar-refractivity contribution is 0.162. The number of hydrogen-bond donors (Lipinski definition) is 3. The lowest BCUT2D eigenvalue weighted by Gasteiger charge is -2.28. The number of rotatable bonds is 5. The van der Waals surface area contributed by atoms with Crippen molar-refractivity contribution in [2.45, 2.75) is 38.2 Å². The number of ether oxygens (including phenoxy) is 1. The van der Waals surface area contributed by atoms with Crippen LogP contribution in [-0.4, -0.2) is 62.4 Å². The fourth-order valence-corrected chi connectivity index (χ4v) is 5.50. The van der Waals surface area contributed by atoms with Gasteiger partial charge in [0.25, 0.3) is 0 Å². The summed E-state index contributed by atoms with van der Waals surface area (Å²) in [4.78, 5) is 20.1. The molecular weight excluding hydrogens is 464 g/mol. The number of H-pyrrole nitrogens is 2. The molecular formula is C28H30N8O. The summed E-state index contributed by atoms with van der Waals surface area (Å²) >= 11 is 0. The number of piperidine rings is 2. The highest BCUT2D eigenvalue weighted by Crippen LogP contribution is 2.33.